The van der Waals surface area contributed by atoms with Crippen LogP contribution in [0.4, 0.5) is 9.59 Å². The number of ether oxygens (including phenoxy) is 2. The van der Waals surface area contributed by atoms with Crippen LogP contribution in [-0.4, -0.2) is 138 Å². The molecule has 2 N–H and O–H groups in total. The highest BCUT2D eigenvalue weighted by atomic mass is 16.6. The molecule has 3 atom stereocenters. The Morgan fingerprint density at radius 1 is 0.673 bits per heavy atom. The van der Waals surface area contributed by atoms with E-state index in [2.05, 4.69) is 41.2 Å². The van der Waals surface area contributed by atoms with E-state index in [1.165, 1.54) is 58.2 Å². The van der Waals surface area contributed by atoms with Crippen molar-refractivity contribution in [2.75, 3.05) is 58.9 Å². The van der Waals surface area contributed by atoms with Crippen molar-refractivity contribution >= 4 is 18.0 Å². The Morgan fingerprint density at radius 2 is 1.16 bits per heavy atom. The van der Waals surface area contributed by atoms with E-state index in [1.807, 2.05) is 46.4 Å². The minimum absolute atomic E-state index is 0. The topological polar surface area (TPSA) is 107 Å². The zero-order valence-electron chi connectivity index (χ0n) is 31.9. The van der Waals surface area contributed by atoms with E-state index >= 15 is 0 Å². The van der Waals surface area contributed by atoms with Gasteiger partial charge in [-0.3, -0.25) is 14.6 Å². The lowest BCUT2D eigenvalue weighted by Crippen LogP contribution is -2.58. The Bertz CT molecular complexity index is 998. The van der Waals surface area contributed by atoms with E-state index in [0.717, 1.165) is 76.7 Å². The molecule has 3 aliphatic heterocycles. The Balaban J connectivity index is 0.000000240. The maximum absolute atomic E-state index is 12.0. The second-order valence-corrected chi connectivity index (χ2v) is 16.6. The lowest BCUT2D eigenvalue weighted by Gasteiger charge is -2.46. The molecule has 49 heavy (non-hydrogen) atoms. The number of hydrogen-bond acceptors (Lipinski definition) is 9. The number of carbonyl (C=O) groups excluding carboxylic acids is 3. The Kier molecular flexibility index (Phi) is 17.8. The lowest BCUT2D eigenvalue weighted by molar-refractivity contribution is -0.123. The van der Waals surface area contributed by atoms with Gasteiger partial charge in [-0.2, -0.15) is 0 Å². The maximum Gasteiger partial charge on any atom is 0.410 e. The second kappa shape index (κ2) is 20.2. The molecule has 0 radical (unpaired) electrons. The average molecular weight is 695 g/mol. The third kappa shape index (κ3) is 15.4. The van der Waals surface area contributed by atoms with Gasteiger partial charge in [-0.25, -0.2) is 9.59 Å². The molecule has 0 bridgehead atoms. The molecule has 0 aromatic rings. The van der Waals surface area contributed by atoms with Gasteiger partial charge in [0.05, 0.1) is 0 Å². The summed E-state index contributed by atoms with van der Waals surface area (Å²) >= 11 is 0. The van der Waals surface area contributed by atoms with Gasteiger partial charge in [0.2, 0.25) is 0 Å². The van der Waals surface area contributed by atoms with E-state index < -0.39 is 11.2 Å². The standard InChI is InChI=1S/C14H26N2O2.C10H20N2O2.C9H18N2.C4H6O.CH4/c1-11-10-15(13(17)18-14(2,3)4)8-9-16(11)12-6-5-7-12;1-8-7-12(6-5-11-8)9(13)14-10(2,3)4;1-8-7-10-5-6-11(8)9-3-2-4-9;5-4-2-1-3-4;/h11-12H,5-10H2,1-4H3;8,11H,5-7H2,1-4H3;8-10H,2-7H2,1H3;1-3H2;1H4/t11-;2*8-;;/m000../s1. The van der Waals surface area contributed by atoms with Crippen LogP contribution in [0, 0.1) is 0 Å². The Labute approximate surface area is 299 Å². The molecule has 286 valence electrons. The Hall–Kier alpha value is -1.95. The molecule has 0 unspecified atom stereocenters. The smallest absolute Gasteiger partial charge is 0.410 e. The second-order valence-electron chi connectivity index (χ2n) is 16.6. The fraction of sp³-hybridized carbons (Fsp3) is 0.921. The zero-order chi connectivity index (χ0) is 35.5. The molecule has 0 aromatic heterocycles. The molecular formula is C38H74N6O5. The predicted molar refractivity (Wildman–Crippen MR) is 199 cm³/mol. The van der Waals surface area contributed by atoms with E-state index in [-0.39, 0.29) is 19.6 Å². The molecule has 3 aliphatic carbocycles. The zero-order valence-corrected chi connectivity index (χ0v) is 31.9. The molecule has 11 nitrogen and oxygen atoms in total. The van der Waals surface area contributed by atoms with Gasteiger partial charge in [0.1, 0.15) is 17.0 Å². The van der Waals surface area contributed by atoms with Gasteiger partial charge in [0.15, 0.2) is 0 Å². The number of piperazine rings is 3. The van der Waals surface area contributed by atoms with Crippen molar-refractivity contribution in [2.45, 2.75) is 169 Å². The minimum atomic E-state index is -0.398. The number of nitrogens with zero attached hydrogens (tertiary/aromatic N) is 4. The molecule has 2 amide bonds. The van der Waals surface area contributed by atoms with Crippen molar-refractivity contribution in [3.05, 3.63) is 0 Å². The fourth-order valence-corrected chi connectivity index (χ4v) is 6.59. The van der Waals surface area contributed by atoms with Crippen LogP contribution in [-0.2, 0) is 14.3 Å². The van der Waals surface area contributed by atoms with Gasteiger partial charge in [-0.15, -0.1) is 0 Å². The number of nitrogens with one attached hydrogen (secondary N) is 2. The van der Waals surface area contributed by atoms with Gasteiger partial charge in [-0.1, -0.05) is 20.3 Å². The first-order valence-corrected chi connectivity index (χ1v) is 19.0. The molecule has 0 spiro atoms. The maximum atomic E-state index is 12.0. The van der Waals surface area contributed by atoms with E-state index in [9.17, 15) is 14.4 Å². The molecule has 6 rings (SSSR count). The van der Waals surface area contributed by atoms with Crippen molar-refractivity contribution in [3.8, 4) is 0 Å². The van der Waals surface area contributed by atoms with Crippen LogP contribution in [0.2, 0.25) is 0 Å². The SMILES string of the molecule is C.C[C@H]1CN(C(=O)OC(C)(C)C)CCN1.C[C@H]1CN(C(=O)OC(C)(C)C)CCN1C1CCC1.C[C@H]1CNCCN1C1CCC1.O=C1CCC1. The number of hydrogen-bond donors (Lipinski definition) is 2. The van der Waals surface area contributed by atoms with Gasteiger partial charge in [0.25, 0.3) is 0 Å². The van der Waals surface area contributed by atoms with Gasteiger partial charge in [-0.05, 0) is 94.4 Å². The van der Waals surface area contributed by atoms with Crippen LogP contribution < -0.4 is 10.6 Å². The van der Waals surface area contributed by atoms with Gasteiger partial charge < -0.3 is 29.9 Å². The average Bonchev–Trinajstić information content (AvgIpc) is 2.91. The summed E-state index contributed by atoms with van der Waals surface area (Å²) in [6.07, 6.45) is 10.8. The monoisotopic (exact) mass is 695 g/mol. The summed E-state index contributed by atoms with van der Waals surface area (Å²) in [5, 5.41) is 6.71. The highest BCUT2D eigenvalue weighted by Gasteiger charge is 2.35. The highest BCUT2D eigenvalue weighted by Crippen LogP contribution is 2.29. The first kappa shape index (κ1) is 43.2. The molecule has 6 aliphatic rings. The predicted octanol–water partition coefficient (Wildman–Crippen LogP) is 5.90. The van der Waals surface area contributed by atoms with E-state index in [0.29, 0.717) is 17.9 Å². The first-order chi connectivity index (χ1) is 22.5. The number of ketones is 1. The quantitative estimate of drug-likeness (QED) is 0.365. The summed E-state index contributed by atoms with van der Waals surface area (Å²) in [5.74, 6) is 0.435. The van der Waals surface area contributed by atoms with Gasteiger partial charge in [0, 0.05) is 102 Å². The molecule has 11 heteroatoms. The minimum Gasteiger partial charge on any atom is -0.444 e. The lowest BCUT2D eigenvalue weighted by atomic mass is 9.90. The Morgan fingerprint density at radius 3 is 1.53 bits per heavy atom. The molecule has 3 saturated carbocycles. The van der Waals surface area contributed by atoms with Crippen LogP contribution in [0.25, 0.3) is 0 Å². The number of Topliss-reactive ketones (excluding diaryl/α,β-unsaturated/α-hetero) is 1. The fourth-order valence-electron chi connectivity index (χ4n) is 6.59. The number of carbonyl (C=O) groups is 3. The summed E-state index contributed by atoms with van der Waals surface area (Å²) in [5.41, 5.74) is -0.795. The highest BCUT2D eigenvalue weighted by molar-refractivity contribution is 5.83. The largest absolute Gasteiger partial charge is 0.444 e. The van der Waals surface area contributed by atoms with Crippen molar-refractivity contribution in [2.24, 2.45) is 0 Å². The van der Waals surface area contributed by atoms with E-state index in [4.69, 9.17) is 9.47 Å². The van der Waals surface area contributed by atoms with Crippen LogP contribution in [0.15, 0.2) is 0 Å². The molecule has 3 heterocycles. The third-order valence-corrected chi connectivity index (χ3v) is 9.90. The summed E-state index contributed by atoms with van der Waals surface area (Å²) in [6.45, 7) is 26.6. The summed E-state index contributed by atoms with van der Waals surface area (Å²) in [7, 11) is 0. The third-order valence-electron chi connectivity index (χ3n) is 9.90. The normalized spacial score (nSPS) is 26.7. The van der Waals surface area contributed by atoms with Crippen molar-refractivity contribution in [1.82, 2.24) is 30.2 Å². The molecular weight excluding hydrogens is 620 g/mol. The molecule has 6 fully saturated rings. The van der Waals surface area contributed by atoms with Crippen LogP contribution in [0.3, 0.4) is 0 Å². The van der Waals surface area contributed by atoms with Gasteiger partial charge >= 0.3 is 12.2 Å². The number of rotatable bonds is 2. The molecule has 3 saturated heterocycles. The number of amides is 2. The summed E-state index contributed by atoms with van der Waals surface area (Å²) in [6, 6.07) is 3.29. The van der Waals surface area contributed by atoms with Crippen LogP contribution in [0.5, 0.6) is 0 Å². The summed E-state index contributed by atoms with van der Waals surface area (Å²) in [4.78, 5) is 42.4. The van der Waals surface area contributed by atoms with Crippen LogP contribution in [0.1, 0.15) is 128 Å². The first-order valence-electron chi connectivity index (χ1n) is 19.0. The van der Waals surface area contributed by atoms with Crippen molar-refractivity contribution < 1.29 is 23.9 Å². The van der Waals surface area contributed by atoms with E-state index in [1.54, 1.807) is 4.90 Å². The van der Waals surface area contributed by atoms with Crippen LogP contribution >= 0.6 is 0 Å². The van der Waals surface area contributed by atoms with Crippen molar-refractivity contribution in [3.63, 3.8) is 0 Å². The van der Waals surface area contributed by atoms with Crippen molar-refractivity contribution in [1.29, 1.82) is 0 Å². The molecule has 0 aromatic carbocycles. The summed E-state index contributed by atoms with van der Waals surface area (Å²) < 4.78 is 10.7.